The Balaban J connectivity index is 1.80. The summed E-state index contributed by atoms with van der Waals surface area (Å²) in [4.78, 5) is 11.5. The lowest BCUT2D eigenvalue weighted by Crippen LogP contribution is -2.14. The number of hydrogen-bond donors (Lipinski definition) is 0. The first-order valence-electron chi connectivity index (χ1n) is 8.65. The van der Waals surface area contributed by atoms with Crippen molar-refractivity contribution < 1.29 is 0 Å². The molecule has 0 unspecified atom stereocenters. The molecule has 1 aromatic heterocycles. The first-order valence-corrected chi connectivity index (χ1v) is 8.65. The zero-order chi connectivity index (χ0) is 17.2. The molecular formula is C22H21N3. The van der Waals surface area contributed by atoms with Crippen LogP contribution in [0.4, 0.5) is 0 Å². The van der Waals surface area contributed by atoms with Gasteiger partial charge in [0.2, 0.25) is 0 Å². The predicted molar refractivity (Wildman–Crippen MR) is 104 cm³/mol. The maximum absolute atomic E-state index is 4.74. The van der Waals surface area contributed by atoms with Crippen LogP contribution in [0, 0.1) is 6.92 Å². The first-order chi connectivity index (χ1) is 12.2. The molecule has 25 heavy (non-hydrogen) atoms. The van der Waals surface area contributed by atoms with E-state index >= 15 is 0 Å². The number of allylic oxidation sites excluding steroid dienone is 3. The Bertz CT molecular complexity index is 932. The van der Waals surface area contributed by atoms with Gasteiger partial charge >= 0.3 is 0 Å². The van der Waals surface area contributed by atoms with E-state index in [4.69, 9.17) is 4.99 Å². The number of rotatable bonds is 2. The maximum atomic E-state index is 4.74. The molecule has 0 N–H and O–H groups in total. The van der Waals surface area contributed by atoms with Gasteiger partial charge in [-0.25, -0.2) is 4.99 Å². The van der Waals surface area contributed by atoms with Crippen molar-refractivity contribution in [2.75, 3.05) is 0 Å². The third-order valence-corrected chi connectivity index (χ3v) is 4.59. The fourth-order valence-corrected chi connectivity index (χ4v) is 3.29. The monoisotopic (exact) mass is 327 g/mol. The molecule has 4 rings (SSSR count). The fourth-order valence-electron chi connectivity index (χ4n) is 3.29. The van der Waals surface area contributed by atoms with Gasteiger partial charge in [0.25, 0.3) is 0 Å². The van der Waals surface area contributed by atoms with Gasteiger partial charge in [0, 0.05) is 41.5 Å². The van der Waals surface area contributed by atoms with Crippen LogP contribution in [0.25, 0.3) is 16.8 Å². The van der Waals surface area contributed by atoms with Crippen molar-refractivity contribution >= 4 is 11.8 Å². The largest absolute Gasteiger partial charge is 0.308 e. The van der Waals surface area contributed by atoms with Gasteiger partial charge in [0.15, 0.2) is 0 Å². The van der Waals surface area contributed by atoms with E-state index in [1.165, 1.54) is 11.1 Å². The number of aromatic nitrogens is 1. The molecule has 0 radical (unpaired) electrons. The summed E-state index contributed by atoms with van der Waals surface area (Å²) in [5.74, 6) is 1.04. The Kier molecular flexibility index (Phi) is 4.06. The summed E-state index contributed by atoms with van der Waals surface area (Å²) in [5, 5.41) is 0. The average molecular weight is 327 g/mol. The van der Waals surface area contributed by atoms with Crippen molar-refractivity contribution in [1.29, 1.82) is 0 Å². The van der Waals surface area contributed by atoms with Crippen LogP contribution in [0.1, 0.15) is 30.9 Å². The van der Waals surface area contributed by atoms with Gasteiger partial charge in [-0.2, -0.15) is 0 Å². The highest BCUT2D eigenvalue weighted by Gasteiger charge is 2.18. The standard InChI is InChI=1S/C22H21N3/c1-16-7-5-9-18(13-16)21-20(10-6-11-23-21)19-14-24-22-17(2)8-3-4-12-25(22)15-19/h4-7,9-15H,3,8H2,1-2H3. The summed E-state index contributed by atoms with van der Waals surface area (Å²) < 4.78 is 0. The number of pyridine rings is 1. The third kappa shape index (κ3) is 3.05. The molecule has 2 aliphatic rings. The van der Waals surface area contributed by atoms with Crippen molar-refractivity contribution in [3.8, 4) is 11.3 Å². The van der Waals surface area contributed by atoms with Gasteiger partial charge in [-0.15, -0.1) is 0 Å². The summed E-state index contributed by atoms with van der Waals surface area (Å²) >= 11 is 0. The Morgan fingerprint density at radius 1 is 1.08 bits per heavy atom. The molecule has 2 aliphatic heterocycles. The van der Waals surface area contributed by atoms with E-state index in [0.29, 0.717) is 0 Å². The highest BCUT2D eigenvalue weighted by molar-refractivity contribution is 6.12. The highest BCUT2D eigenvalue weighted by Crippen LogP contribution is 2.31. The van der Waals surface area contributed by atoms with Gasteiger partial charge in [-0.05, 0) is 44.4 Å². The van der Waals surface area contributed by atoms with Gasteiger partial charge in [-0.3, -0.25) is 4.98 Å². The number of benzene rings is 1. The predicted octanol–water partition coefficient (Wildman–Crippen LogP) is 5.32. The van der Waals surface area contributed by atoms with Crippen LogP contribution in [0.15, 0.2) is 77.5 Å². The molecule has 0 saturated carbocycles. The smallest absolute Gasteiger partial charge is 0.135 e. The number of aliphatic imine (C=N–C) groups is 1. The molecule has 1 aromatic carbocycles. The molecule has 0 bridgehead atoms. The maximum Gasteiger partial charge on any atom is 0.135 e. The molecule has 0 fully saturated rings. The minimum Gasteiger partial charge on any atom is -0.308 e. The van der Waals surface area contributed by atoms with Crippen LogP contribution >= 0.6 is 0 Å². The van der Waals surface area contributed by atoms with Crippen LogP contribution in [0.5, 0.6) is 0 Å². The van der Waals surface area contributed by atoms with Gasteiger partial charge in [-0.1, -0.05) is 35.9 Å². The van der Waals surface area contributed by atoms with Crippen LogP contribution in [-0.2, 0) is 0 Å². The van der Waals surface area contributed by atoms with Crippen molar-refractivity contribution in [3.05, 3.63) is 83.6 Å². The molecule has 124 valence electrons. The van der Waals surface area contributed by atoms with E-state index in [9.17, 15) is 0 Å². The van der Waals surface area contributed by atoms with Crippen molar-refractivity contribution in [2.45, 2.75) is 26.7 Å². The summed E-state index contributed by atoms with van der Waals surface area (Å²) in [6.45, 7) is 4.27. The zero-order valence-electron chi connectivity index (χ0n) is 14.6. The topological polar surface area (TPSA) is 28.5 Å². The summed E-state index contributed by atoms with van der Waals surface area (Å²) in [6.07, 6.45) is 12.4. The minimum atomic E-state index is 0.992. The fraction of sp³-hybridized carbons (Fsp3) is 0.182. The van der Waals surface area contributed by atoms with Gasteiger partial charge in [0.1, 0.15) is 5.82 Å². The Labute approximate surface area is 148 Å². The molecule has 3 heteroatoms. The zero-order valence-corrected chi connectivity index (χ0v) is 14.6. The van der Waals surface area contributed by atoms with Gasteiger partial charge in [0.05, 0.1) is 5.69 Å². The second kappa shape index (κ2) is 6.52. The second-order valence-corrected chi connectivity index (χ2v) is 6.55. The molecule has 3 nitrogen and oxygen atoms in total. The van der Waals surface area contributed by atoms with Crippen LogP contribution in [0.3, 0.4) is 0 Å². The summed E-state index contributed by atoms with van der Waals surface area (Å²) in [5.41, 5.74) is 6.86. The lowest BCUT2D eigenvalue weighted by atomic mass is 9.99. The normalized spacial score (nSPS) is 16.6. The number of nitrogens with zero attached hydrogens (tertiary/aromatic N) is 3. The highest BCUT2D eigenvalue weighted by atomic mass is 15.2. The molecule has 0 amide bonds. The van der Waals surface area contributed by atoms with Gasteiger partial charge < -0.3 is 4.90 Å². The van der Waals surface area contributed by atoms with E-state index < -0.39 is 0 Å². The van der Waals surface area contributed by atoms with E-state index in [2.05, 4.69) is 72.5 Å². The summed E-state index contributed by atoms with van der Waals surface area (Å²) in [6, 6.07) is 12.6. The molecule has 0 atom stereocenters. The number of hydrogen-bond acceptors (Lipinski definition) is 3. The lowest BCUT2D eigenvalue weighted by molar-refractivity contribution is 0.611. The average Bonchev–Trinajstić information content (AvgIpc) is 2.83. The SMILES string of the molecule is CC1=C2N=CC(c3cccnc3-c3cccc(C)c3)=CN2C=CCC1. The van der Waals surface area contributed by atoms with Crippen LogP contribution in [-0.4, -0.2) is 16.1 Å². The molecule has 0 spiro atoms. The lowest BCUT2D eigenvalue weighted by Gasteiger charge is -2.23. The van der Waals surface area contributed by atoms with E-state index in [-0.39, 0.29) is 0 Å². The number of fused-ring (bicyclic) bond motifs is 1. The second-order valence-electron chi connectivity index (χ2n) is 6.55. The minimum absolute atomic E-state index is 0.992. The number of aryl methyl sites for hydroxylation is 1. The van der Waals surface area contributed by atoms with Crippen molar-refractivity contribution in [2.24, 2.45) is 4.99 Å². The van der Waals surface area contributed by atoms with Crippen molar-refractivity contribution in [1.82, 2.24) is 9.88 Å². The van der Waals surface area contributed by atoms with Crippen molar-refractivity contribution in [3.63, 3.8) is 0 Å². The quantitative estimate of drug-likeness (QED) is 0.746. The molecule has 3 heterocycles. The Morgan fingerprint density at radius 2 is 2.00 bits per heavy atom. The van der Waals surface area contributed by atoms with E-state index in [1.54, 1.807) is 0 Å². The molecular weight excluding hydrogens is 306 g/mol. The molecule has 0 aliphatic carbocycles. The summed E-state index contributed by atoms with van der Waals surface area (Å²) in [7, 11) is 0. The third-order valence-electron chi connectivity index (χ3n) is 4.59. The molecule has 0 saturated heterocycles. The van der Waals surface area contributed by atoms with E-state index in [1.807, 2.05) is 18.5 Å². The first kappa shape index (κ1) is 15.6. The Morgan fingerprint density at radius 3 is 2.88 bits per heavy atom. The molecule has 2 aromatic rings. The van der Waals surface area contributed by atoms with E-state index in [0.717, 1.165) is 41.1 Å². The van der Waals surface area contributed by atoms with Crippen LogP contribution in [0.2, 0.25) is 0 Å². The Hall–Kier alpha value is -2.94. The van der Waals surface area contributed by atoms with Crippen LogP contribution < -0.4 is 0 Å².